The average Bonchev–Trinajstić information content (AvgIpc) is 3.70. The maximum Gasteiger partial charge on any atom is 0.228 e. The third-order valence-corrected chi connectivity index (χ3v) is 6.17. The summed E-state index contributed by atoms with van der Waals surface area (Å²) in [5.74, 6) is 2.07. The molecule has 0 radical (unpaired) electrons. The number of amides is 1. The Morgan fingerprint density at radius 2 is 2.06 bits per heavy atom. The minimum atomic E-state index is -0.0000432. The van der Waals surface area contributed by atoms with Crippen LogP contribution in [-0.2, 0) is 9.53 Å². The molecule has 1 aliphatic carbocycles. The molecule has 3 aromatic heterocycles. The standard InChI is InChI=1S/C25H30N8O2/c1-3-27-24-20-13-29-22(32-25(34)16-4-5-16)10-18(20)19(12-30-24)23(26)31-21-7-6-17(11-28-21)33-8-9-35-15(2)14-33/h6-7,10-13,15-16H,3-5,8-9,14H2,1-2H3,(H,27,30)(H2,26,28,31)(H,29,32,34)/t15-/m0/s1. The first-order valence-electron chi connectivity index (χ1n) is 12.0. The molecule has 0 aromatic carbocycles. The molecule has 2 fully saturated rings. The molecule has 10 heteroatoms. The number of nitrogens with two attached hydrogens (primary N) is 1. The summed E-state index contributed by atoms with van der Waals surface area (Å²) in [6.07, 6.45) is 7.25. The summed E-state index contributed by atoms with van der Waals surface area (Å²) >= 11 is 0. The van der Waals surface area contributed by atoms with E-state index in [2.05, 4.69) is 42.4 Å². The molecule has 5 rings (SSSR count). The van der Waals surface area contributed by atoms with Crippen molar-refractivity contribution in [2.24, 2.45) is 16.6 Å². The van der Waals surface area contributed by atoms with Crippen LogP contribution < -0.4 is 21.3 Å². The van der Waals surface area contributed by atoms with E-state index in [9.17, 15) is 4.79 Å². The van der Waals surface area contributed by atoms with Crippen molar-refractivity contribution in [3.05, 3.63) is 42.4 Å². The first-order chi connectivity index (χ1) is 17.0. The van der Waals surface area contributed by atoms with E-state index in [1.54, 1.807) is 12.4 Å². The van der Waals surface area contributed by atoms with Crippen molar-refractivity contribution in [1.82, 2.24) is 15.0 Å². The molecule has 35 heavy (non-hydrogen) atoms. The van der Waals surface area contributed by atoms with E-state index in [-0.39, 0.29) is 23.8 Å². The van der Waals surface area contributed by atoms with Gasteiger partial charge in [-0.15, -0.1) is 0 Å². The molecule has 10 nitrogen and oxygen atoms in total. The zero-order valence-corrected chi connectivity index (χ0v) is 20.0. The van der Waals surface area contributed by atoms with E-state index in [1.807, 2.05) is 31.3 Å². The van der Waals surface area contributed by atoms with Gasteiger partial charge in [0.2, 0.25) is 5.91 Å². The molecule has 1 atom stereocenters. The Labute approximate surface area is 204 Å². The monoisotopic (exact) mass is 474 g/mol. The highest BCUT2D eigenvalue weighted by molar-refractivity contribution is 6.12. The normalized spacial score (nSPS) is 18.5. The van der Waals surface area contributed by atoms with Gasteiger partial charge in [-0.25, -0.2) is 19.9 Å². The van der Waals surface area contributed by atoms with Crippen molar-refractivity contribution < 1.29 is 9.53 Å². The maximum absolute atomic E-state index is 12.3. The molecule has 0 unspecified atom stereocenters. The second-order valence-electron chi connectivity index (χ2n) is 8.93. The number of nitrogens with one attached hydrogen (secondary N) is 2. The van der Waals surface area contributed by atoms with E-state index in [0.29, 0.717) is 36.2 Å². The third kappa shape index (κ3) is 5.17. The molecule has 3 aromatic rings. The second kappa shape index (κ2) is 9.83. The van der Waals surface area contributed by atoms with Gasteiger partial charge in [-0.3, -0.25) is 4.79 Å². The molecule has 1 saturated heterocycles. The van der Waals surface area contributed by atoms with Crippen LogP contribution >= 0.6 is 0 Å². The fraction of sp³-hybridized carbons (Fsp3) is 0.400. The van der Waals surface area contributed by atoms with Gasteiger partial charge in [-0.05, 0) is 44.9 Å². The van der Waals surface area contributed by atoms with E-state index < -0.39 is 0 Å². The number of fused-ring (bicyclic) bond motifs is 1. The summed E-state index contributed by atoms with van der Waals surface area (Å²) in [5.41, 5.74) is 8.12. The number of morpholine rings is 1. The number of aromatic nitrogens is 3. The molecule has 182 valence electrons. The number of amidine groups is 1. The molecule has 4 N–H and O–H groups in total. The van der Waals surface area contributed by atoms with Crippen LogP contribution in [-0.4, -0.2) is 59.0 Å². The highest BCUT2D eigenvalue weighted by Crippen LogP contribution is 2.31. The topological polar surface area (TPSA) is 131 Å². The predicted octanol–water partition coefficient (Wildman–Crippen LogP) is 3.07. The van der Waals surface area contributed by atoms with Gasteiger partial charge in [0.15, 0.2) is 5.82 Å². The number of carbonyl (C=O) groups excluding carboxylic acids is 1. The van der Waals surface area contributed by atoms with Crippen molar-refractivity contribution in [2.75, 3.05) is 41.8 Å². The minimum Gasteiger partial charge on any atom is -0.383 e. The maximum atomic E-state index is 12.3. The van der Waals surface area contributed by atoms with E-state index in [0.717, 1.165) is 42.4 Å². The summed E-state index contributed by atoms with van der Waals surface area (Å²) in [5, 5.41) is 7.76. The lowest BCUT2D eigenvalue weighted by Gasteiger charge is -2.32. The number of nitrogens with zero attached hydrogens (tertiary/aromatic N) is 5. The summed E-state index contributed by atoms with van der Waals surface area (Å²) < 4.78 is 5.62. The van der Waals surface area contributed by atoms with Crippen molar-refractivity contribution in [2.45, 2.75) is 32.8 Å². The van der Waals surface area contributed by atoms with Gasteiger partial charge < -0.3 is 26.0 Å². The lowest BCUT2D eigenvalue weighted by molar-refractivity contribution is -0.117. The second-order valence-corrected chi connectivity index (χ2v) is 8.93. The zero-order valence-electron chi connectivity index (χ0n) is 20.0. The van der Waals surface area contributed by atoms with Gasteiger partial charge >= 0.3 is 0 Å². The molecule has 4 heterocycles. The number of aliphatic imine (C=N–C) groups is 1. The summed E-state index contributed by atoms with van der Waals surface area (Å²) in [6, 6.07) is 5.68. The molecule has 2 aliphatic rings. The molecule has 1 aliphatic heterocycles. The Hall–Kier alpha value is -3.79. The Bertz CT molecular complexity index is 1260. The number of rotatable bonds is 7. The minimum absolute atomic E-state index is 0.0000432. The lowest BCUT2D eigenvalue weighted by Crippen LogP contribution is -2.41. The fourth-order valence-corrected chi connectivity index (χ4v) is 4.16. The fourth-order valence-electron chi connectivity index (χ4n) is 4.16. The molecular formula is C25H30N8O2. The molecule has 1 saturated carbocycles. The Kier molecular flexibility index (Phi) is 6.45. The van der Waals surface area contributed by atoms with Gasteiger partial charge in [0.05, 0.1) is 24.6 Å². The van der Waals surface area contributed by atoms with Crippen LogP contribution in [0.15, 0.2) is 41.8 Å². The third-order valence-electron chi connectivity index (χ3n) is 6.17. The summed E-state index contributed by atoms with van der Waals surface area (Å²) in [6.45, 7) is 7.15. The van der Waals surface area contributed by atoms with Gasteiger partial charge in [0, 0.05) is 54.3 Å². The first-order valence-corrected chi connectivity index (χ1v) is 12.0. The van der Waals surface area contributed by atoms with Crippen LogP contribution in [0.25, 0.3) is 10.8 Å². The van der Waals surface area contributed by atoms with E-state index in [4.69, 9.17) is 10.5 Å². The smallest absolute Gasteiger partial charge is 0.228 e. The van der Waals surface area contributed by atoms with Gasteiger partial charge in [0.25, 0.3) is 0 Å². The first kappa shape index (κ1) is 23.0. The quantitative estimate of drug-likeness (QED) is 0.352. The van der Waals surface area contributed by atoms with E-state index >= 15 is 0 Å². The average molecular weight is 475 g/mol. The Morgan fingerprint density at radius 1 is 1.20 bits per heavy atom. The van der Waals surface area contributed by atoms with Crippen LogP contribution in [0.4, 0.5) is 23.1 Å². The number of pyridine rings is 3. The van der Waals surface area contributed by atoms with Crippen LogP contribution in [0, 0.1) is 5.92 Å². The van der Waals surface area contributed by atoms with Gasteiger partial charge in [0.1, 0.15) is 17.5 Å². The summed E-state index contributed by atoms with van der Waals surface area (Å²) in [4.78, 5) is 32.5. The van der Waals surface area contributed by atoms with Crippen molar-refractivity contribution in [3.8, 4) is 0 Å². The van der Waals surface area contributed by atoms with Crippen molar-refractivity contribution in [3.63, 3.8) is 0 Å². The van der Waals surface area contributed by atoms with Crippen LogP contribution in [0.5, 0.6) is 0 Å². The largest absolute Gasteiger partial charge is 0.383 e. The SMILES string of the molecule is CCNc1ncc(C(N)=Nc2ccc(N3CCO[C@@H](C)C3)cn2)c2cc(NC(=O)C3CC3)ncc12. The Balaban J connectivity index is 1.45. The van der Waals surface area contributed by atoms with Crippen LogP contribution in [0.2, 0.25) is 0 Å². The zero-order chi connectivity index (χ0) is 24.4. The number of anilines is 3. The van der Waals surface area contributed by atoms with Crippen LogP contribution in [0.3, 0.4) is 0 Å². The van der Waals surface area contributed by atoms with Crippen molar-refractivity contribution >= 4 is 45.7 Å². The highest BCUT2D eigenvalue weighted by atomic mass is 16.5. The van der Waals surface area contributed by atoms with Gasteiger partial charge in [-0.1, -0.05) is 0 Å². The number of hydrogen-bond acceptors (Lipinski definition) is 8. The number of carbonyl (C=O) groups is 1. The molecular weight excluding hydrogens is 444 g/mol. The predicted molar refractivity (Wildman–Crippen MR) is 137 cm³/mol. The number of hydrogen-bond donors (Lipinski definition) is 3. The van der Waals surface area contributed by atoms with Gasteiger partial charge in [-0.2, -0.15) is 0 Å². The van der Waals surface area contributed by atoms with E-state index in [1.165, 1.54) is 0 Å². The lowest BCUT2D eigenvalue weighted by atomic mass is 10.1. The molecule has 1 amide bonds. The summed E-state index contributed by atoms with van der Waals surface area (Å²) in [7, 11) is 0. The van der Waals surface area contributed by atoms with Crippen LogP contribution in [0.1, 0.15) is 32.3 Å². The Morgan fingerprint density at radius 3 is 2.77 bits per heavy atom. The highest BCUT2D eigenvalue weighted by Gasteiger charge is 2.30. The molecule has 0 bridgehead atoms. The number of ether oxygens (including phenoxy) is 1. The molecule has 0 spiro atoms. The van der Waals surface area contributed by atoms with Crippen molar-refractivity contribution in [1.29, 1.82) is 0 Å².